The number of hydrogen-bond donors (Lipinski definition) is 0. The monoisotopic (exact) mass is 242 g/mol. The Kier molecular flexibility index (Phi) is 9.78. The molecule has 17 heavy (non-hydrogen) atoms. The fraction of sp³-hybridized carbons (Fsp3) is 0.857. The summed E-state index contributed by atoms with van der Waals surface area (Å²) in [4.78, 5) is 23.0. The Morgan fingerprint density at radius 3 is 2.18 bits per heavy atom. The normalized spacial score (nSPS) is 12.2. The van der Waals surface area contributed by atoms with E-state index in [0.717, 1.165) is 32.1 Å². The molecule has 0 aromatic rings. The van der Waals surface area contributed by atoms with Gasteiger partial charge in [0.2, 0.25) is 0 Å². The van der Waals surface area contributed by atoms with Gasteiger partial charge in [0.1, 0.15) is 11.9 Å². The van der Waals surface area contributed by atoms with Crippen LogP contribution in [0.15, 0.2) is 0 Å². The molecule has 0 aromatic carbocycles. The zero-order valence-corrected chi connectivity index (χ0v) is 11.5. The third-order valence-corrected chi connectivity index (χ3v) is 2.62. The average Bonchev–Trinajstić information content (AvgIpc) is 2.26. The first-order valence-electron chi connectivity index (χ1n) is 6.85. The minimum Gasteiger partial charge on any atom is -0.462 e. The van der Waals surface area contributed by atoms with Gasteiger partial charge in [-0.1, -0.05) is 33.6 Å². The smallest absolute Gasteiger partial charge is 0.306 e. The number of ether oxygens (including phenoxy) is 1. The minimum atomic E-state index is -0.201. The third kappa shape index (κ3) is 8.90. The summed E-state index contributed by atoms with van der Waals surface area (Å²) in [5.41, 5.74) is 0. The average molecular weight is 242 g/mol. The van der Waals surface area contributed by atoms with E-state index < -0.39 is 0 Å². The predicted molar refractivity (Wildman–Crippen MR) is 68.8 cm³/mol. The fourth-order valence-corrected chi connectivity index (χ4v) is 1.72. The Balaban J connectivity index is 4.12. The summed E-state index contributed by atoms with van der Waals surface area (Å²) >= 11 is 0. The van der Waals surface area contributed by atoms with Crippen LogP contribution in [0.2, 0.25) is 0 Å². The highest BCUT2D eigenvalue weighted by atomic mass is 16.5. The summed E-state index contributed by atoms with van der Waals surface area (Å²) < 4.78 is 5.35. The number of unbranched alkanes of at least 4 members (excludes halogenated alkanes) is 1. The molecule has 0 spiro atoms. The van der Waals surface area contributed by atoms with Gasteiger partial charge in [-0.25, -0.2) is 0 Å². The van der Waals surface area contributed by atoms with E-state index in [4.69, 9.17) is 4.74 Å². The third-order valence-electron chi connectivity index (χ3n) is 2.62. The van der Waals surface area contributed by atoms with Gasteiger partial charge < -0.3 is 4.74 Å². The number of carbonyl (C=O) groups excluding carboxylic acids is 2. The lowest BCUT2D eigenvalue weighted by Gasteiger charge is -2.16. The first kappa shape index (κ1) is 16.1. The van der Waals surface area contributed by atoms with Gasteiger partial charge >= 0.3 is 5.97 Å². The van der Waals surface area contributed by atoms with Gasteiger partial charge in [-0.2, -0.15) is 0 Å². The molecule has 0 saturated carbocycles. The highest BCUT2D eigenvalue weighted by Crippen LogP contribution is 2.12. The van der Waals surface area contributed by atoms with Gasteiger partial charge in [-0.15, -0.1) is 0 Å². The molecule has 0 N–H and O–H groups in total. The van der Waals surface area contributed by atoms with Crippen molar-refractivity contribution in [2.45, 2.75) is 78.2 Å². The molecule has 3 heteroatoms. The Labute approximate surface area is 105 Å². The topological polar surface area (TPSA) is 43.4 Å². The Morgan fingerprint density at radius 1 is 1.00 bits per heavy atom. The molecule has 3 nitrogen and oxygen atoms in total. The van der Waals surface area contributed by atoms with Crippen LogP contribution >= 0.6 is 0 Å². The number of esters is 1. The van der Waals surface area contributed by atoms with Gasteiger partial charge in [0.05, 0.1) is 0 Å². The molecule has 0 amide bonds. The second kappa shape index (κ2) is 10.3. The molecule has 0 aliphatic carbocycles. The summed E-state index contributed by atoms with van der Waals surface area (Å²) in [7, 11) is 0. The fourth-order valence-electron chi connectivity index (χ4n) is 1.72. The molecule has 1 unspecified atom stereocenters. The Hall–Kier alpha value is -0.860. The van der Waals surface area contributed by atoms with Crippen molar-refractivity contribution in [3.8, 4) is 0 Å². The molecule has 0 radical (unpaired) electrons. The predicted octanol–water partition coefficient (Wildman–Crippen LogP) is 3.65. The first-order valence-corrected chi connectivity index (χ1v) is 6.85. The van der Waals surface area contributed by atoms with E-state index in [1.165, 1.54) is 0 Å². The van der Waals surface area contributed by atoms with Crippen LogP contribution in [-0.2, 0) is 14.3 Å². The van der Waals surface area contributed by atoms with E-state index in [2.05, 4.69) is 6.92 Å². The number of hydrogen-bond acceptors (Lipinski definition) is 3. The molecule has 0 fully saturated rings. The molecule has 0 saturated heterocycles. The number of rotatable bonds is 10. The van der Waals surface area contributed by atoms with Crippen LogP contribution in [0.3, 0.4) is 0 Å². The van der Waals surface area contributed by atoms with Crippen LogP contribution in [-0.4, -0.2) is 17.9 Å². The molecule has 0 aliphatic heterocycles. The highest BCUT2D eigenvalue weighted by molar-refractivity contribution is 5.79. The molecular formula is C14H26O3. The summed E-state index contributed by atoms with van der Waals surface area (Å²) in [6.07, 6.45) is 5.76. The lowest BCUT2D eigenvalue weighted by Crippen LogP contribution is -2.21. The van der Waals surface area contributed by atoms with E-state index >= 15 is 0 Å². The number of Topliss-reactive ketones (excluding diaryl/α,β-unsaturated/α-hetero) is 1. The van der Waals surface area contributed by atoms with Gasteiger partial charge in [0.15, 0.2) is 0 Å². The summed E-state index contributed by atoms with van der Waals surface area (Å²) in [6, 6.07) is 0. The number of ketones is 1. The Bertz CT molecular complexity index is 204. The van der Waals surface area contributed by atoms with Crippen molar-refractivity contribution in [1.82, 2.24) is 0 Å². The minimum absolute atomic E-state index is 0.169. The SMILES string of the molecule is CCCCC(CC(=O)CCC)OC(=O)CCC. The summed E-state index contributed by atoms with van der Waals surface area (Å²) in [5, 5.41) is 0. The zero-order valence-electron chi connectivity index (χ0n) is 11.5. The van der Waals surface area contributed by atoms with Crippen molar-refractivity contribution in [2.24, 2.45) is 0 Å². The van der Waals surface area contributed by atoms with E-state index in [1.54, 1.807) is 0 Å². The van der Waals surface area contributed by atoms with Crippen LogP contribution in [0.25, 0.3) is 0 Å². The molecular weight excluding hydrogens is 216 g/mol. The van der Waals surface area contributed by atoms with Crippen LogP contribution in [0.5, 0.6) is 0 Å². The molecule has 0 aromatic heterocycles. The summed E-state index contributed by atoms with van der Waals surface area (Å²) in [6.45, 7) is 6.03. The second-order valence-electron chi connectivity index (χ2n) is 4.50. The molecule has 0 bridgehead atoms. The van der Waals surface area contributed by atoms with Gasteiger partial charge in [-0.05, 0) is 19.3 Å². The standard InChI is InChI=1S/C14H26O3/c1-4-7-10-13(11-12(15)8-5-2)17-14(16)9-6-3/h13H,4-11H2,1-3H3. The van der Waals surface area contributed by atoms with Crippen LogP contribution in [0.1, 0.15) is 72.1 Å². The maximum atomic E-state index is 11.6. The Morgan fingerprint density at radius 2 is 1.65 bits per heavy atom. The lowest BCUT2D eigenvalue weighted by molar-refractivity contribution is -0.150. The molecule has 100 valence electrons. The zero-order chi connectivity index (χ0) is 13.1. The molecule has 0 heterocycles. The van der Waals surface area contributed by atoms with Gasteiger partial charge in [0.25, 0.3) is 0 Å². The van der Waals surface area contributed by atoms with E-state index in [9.17, 15) is 9.59 Å². The quantitative estimate of drug-likeness (QED) is 0.549. The van der Waals surface area contributed by atoms with E-state index in [1.807, 2.05) is 13.8 Å². The molecule has 1 atom stereocenters. The highest BCUT2D eigenvalue weighted by Gasteiger charge is 2.17. The van der Waals surface area contributed by atoms with Crippen molar-refractivity contribution >= 4 is 11.8 Å². The van der Waals surface area contributed by atoms with E-state index in [0.29, 0.717) is 19.3 Å². The van der Waals surface area contributed by atoms with Crippen molar-refractivity contribution in [3.63, 3.8) is 0 Å². The van der Waals surface area contributed by atoms with Crippen LogP contribution in [0, 0.1) is 0 Å². The summed E-state index contributed by atoms with van der Waals surface area (Å²) in [5.74, 6) is 0.0378. The van der Waals surface area contributed by atoms with E-state index in [-0.39, 0.29) is 17.9 Å². The number of carbonyl (C=O) groups is 2. The van der Waals surface area contributed by atoms with Crippen LogP contribution < -0.4 is 0 Å². The maximum absolute atomic E-state index is 11.6. The molecule has 0 aliphatic rings. The lowest BCUT2D eigenvalue weighted by atomic mass is 10.0. The van der Waals surface area contributed by atoms with Gasteiger partial charge in [-0.3, -0.25) is 9.59 Å². The van der Waals surface area contributed by atoms with Crippen LogP contribution in [0.4, 0.5) is 0 Å². The maximum Gasteiger partial charge on any atom is 0.306 e. The van der Waals surface area contributed by atoms with Crippen molar-refractivity contribution in [2.75, 3.05) is 0 Å². The second-order valence-corrected chi connectivity index (χ2v) is 4.50. The first-order chi connectivity index (χ1) is 8.13. The van der Waals surface area contributed by atoms with Crippen molar-refractivity contribution < 1.29 is 14.3 Å². The van der Waals surface area contributed by atoms with Gasteiger partial charge in [0, 0.05) is 19.3 Å². The van der Waals surface area contributed by atoms with Crippen molar-refractivity contribution in [3.05, 3.63) is 0 Å². The van der Waals surface area contributed by atoms with Crippen molar-refractivity contribution in [1.29, 1.82) is 0 Å². The molecule has 0 rings (SSSR count). The largest absolute Gasteiger partial charge is 0.462 e.